The van der Waals surface area contributed by atoms with Crippen LogP contribution in [-0.4, -0.2) is 9.97 Å². The molecule has 0 aliphatic carbocycles. The van der Waals surface area contributed by atoms with Gasteiger partial charge in [0.2, 0.25) is 0 Å². The summed E-state index contributed by atoms with van der Waals surface area (Å²) in [4.78, 5) is 7.09. The highest BCUT2D eigenvalue weighted by molar-refractivity contribution is 6.14. The number of rotatable bonds is 3. The molecule has 2 aromatic heterocycles. The maximum atomic E-state index is 13.7. The number of halogens is 2. The molecule has 4 aromatic carbocycles. The van der Waals surface area contributed by atoms with Gasteiger partial charge in [0, 0.05) is 32.9 Å². The number of H-pyrrole nitrogens is 2. The van der Waals surface area contributed by atoms with Gasteiger partial charge in [0.1, 0.15) is 11.6 Å². The first kappa shape index (κ1) is 18.6. The third-order valence-corrected chi connectivity index (χ3v) is 5.93. The van der Waals surface area contributed by atoms with Crippen LogP contribution in [0.3, 0.4) is 0 Å². The summed E-state index contributed by atoms with van der Waals surface area (Å²) in [6.45, 7) is 0. The molecule has 154 valence electrons. The van der Waals surface area contributed by atoms with E-state index in [0.29, 0.717) is 0 Å². The predicted molar refractivity (Wildman–Crippen MR) is 126 cm³/mol. The molecule has 0 aliphatic rings. The van der Waals surface area contributed by atoms with Crippen LogP contribution >= 0.6 is 0 Å². The van der Waals surface area contributed by atoms with Crippen LogP contribution in [0.1, 0.15) is 0 Å². The lowest BCUT2D eigenvalue weighted by molar-refractivity contribution is 0.627. The Morgan fingerprint density at radius 1 is 0.438 bits per heavy atom. The molecule has 0 radical (unpaired) electrons. The van der Waals surface area contributed by atoms with E-state index < -0.39 is 0 Å². The summed E-state index contributed by atoms with van der Waals surface area (Å²) in [7, 11) is 0. The summed E-state index contributed by atoms with van der Waals surface area (Å²) in [5.41, 5.74) is 7.68. The Balaban J connectivity index is 1.74. The van der Waals surface area contributed by atoms with Crippen molar-refractivity contribution < 1.29 is 8.78 Å². The molecule has 0 fully saturated rings. The molecule has 0 unspecified atom stereocenters. The zero-order valence-corrected chi connectivity index (χ0v) is 17.0. The standard InChI is InChI=1S/C28H18F2N2/c29-19-13-9-17(10-14-19)27-25(21-5-1-3-7-23(21)31-27)26-22-6-2-4-8-24(22)32-28(26)18-11-15-20(30)16-12-18/h1-16,31-32H. The van der Waals surface area contributed by atoms with E-state index in [1.54, 1.807) is 24.3 Å². The first-order valence-corrected chi connectivity index (χ1v) is 10.4. The average molecular weight is 420 g/mol. The zero-order chi connectivity index (χ0) is 21.7. The van der Waals surface area contributed by atoms with Crippen LogP contribution in [-0.2, 0) is 0 Å². The van der Waals surface area contributed by atoms with E-state index >= 15 is 0 Å². The first-order chi connectivity index (χ1) is 15.7. The van der Waals surface area contributed by atoms with Crippen molar-refractivity contribution in [3.8, 4) is 33.6 Å². The fourth-order valence-corrected chi connectivity index (χ4v) is 4.47. The number of hydrogen-bond donors (Lipinski definition) is 2. The monoisotopic (exact) mass is 420 g/mol. The summed E-state index contributed by atoms with van der Waals surface area (Å²) in [6, 6.07) is 29.3. The lowest BCUT2D eigenvalue weighted by atomic mass is 9.93. The molecule has 6 aromatic rings. The van der Waals surface area contributed by atoms with Gasteiger partial charge in [0.15, 0.2) is 0 Å². The van der Waals surface area contributed by atoms with E-state index in [4.69, 9.17) is 0 Å². The van der Waals surface area contributed by atoms with Gasteiger partial charge in [-0.2, -0.15) is 0 Å². The van der Waals surface area contributed by atoms with Crippen molar-refractivity contribution in [1.29, 1.82) is 0 Å². The lowest BCUT2D eigenvalue weighted by Crippen LogP contribution is -1.87. The minimum absolute atomic E-state index is 0.273. The summed E-state index contributed by atoms with van der Waals surface area (Å²) < 4.78 is 27.3. The second-order valence-corrected chi connectivity index (χ2v) is 7.85. The van der Waals surface area contributed by atoms with Crippen molar-refractivity contribution in [3.63, 3.8) is 0 Å². The van der Waals surface area contributed by atoms with Crippen molar-refractivity contribution in [1.82, 2.24) is 9.97 Å². The van der Waals surface area contributed by atoms with E-state index in [-0.39, 0.29) is 11.6 Å². The molecule has 0 spiro atoms. The molecule has 2 heterocycles. The van der Waals surface area contributed by atoms with Gasteiger partial charge in [-0.15, -0.1) is 0 Å². The zero-order valence-electron chi connectivity index (χ0n) is 17.0. The molecule has 0 saturated carbocycles. The number of benzene rings is 4. The molecule has 2 N–H and O–H groups in total. The van der Waals surface area contributed by atoms with Gasteiger partial charge in [-0.3, -0.25) is 0 Å². The molecule has 32 heavy (non-hydrogen) atoms. The quantitative estimate of drug-likeness (QED) is 0.291. The Morgan fingerprint density at radius 2 is 0.812 bits per heavy atom. The van der Waals surface area contributed by atoms with Crippen LogP contribution < -0.4 is 0 Å². The maximum absolute atomic E-state index is 13.7. The van der Waals surface area contributed by atoms with E-state index in [1.165, 1.54) is 24.3 Å². The van der Waals surface area contributed by atoms with Crippen molar-refractivity contribution in [2.45, 2.75) is 0 Å². The second-order valence-electron chi connectivity index (χ2n) is 7.85. The number of hydrogen-bond acceptors (Lipinski definition) is 0. The number of aromatic amines is 2. The molecule has 2 nitrogen and oxygen atoms in total. The van der Waals surface area contributed by atoms with E-state index in [2.05, 4.69) is 22.1 Å². The molecular weight excluding hydrogens is 402 g/mol. The Bertz CT molecular complexity index is 1450. The number of aromatic nitrogens is 2. The van der Waals surface area contributed by atoms with Gasteiger partial charge >= 0.3 is 0 Å². The minimum Gasteiger partial charge on any atom is -0.354 e. The van der Waals surface area contributed by atoms with Crippen molar-refractivity contribution in [2.24, 2.45) is 0 Å². The second kappa shape index (κ2) is 7.20. The van der Waals surface area contributed by atoms with Crippen LogP contribution in [0.2, 0.25) is 0 Å². The summed E-state index contributed by atoms with van der Waals surface area (Å²) in [5, 5.41) is 2.14. The van der Waals surface area contributed by atoms with Crippen LogP contribution in [0, 0.1) is 11.6 Å². The molecule has 0 atom stereocenters. The molecule has 0 amide bonds. The van der Waals surface area contributed by atoms with Crippen LogP contribution in [0.4, 0.5) is 8.78 Å². The van der Waals surface area contributed by atoms with Crippen LogP contribution in [0.5, 0.6) is 0 Å². The van der Waals surface area contributed by atoms with Gasteiger partial charge in [-0.05, 0) is 71.8 Å². The lowest BCUT2D eigenvalue weighted by Gasteiger charge is -2.09. The Hall–Kier alpha value is -4.18. The maximum Gasteiger partial charge on any atom is 0.123 e. The van der Waals surface area contributed by atoms with Gasteiger partial charge in [-0.1, -0.05) is 36.4 Å². The average Bonchev–Trinajstić information content (AvgIpc) is 3.38. The van der Waals surface area contributed by atoms with Crippen LogP contribution in [0.25, 0.3) is 55.4 Å². The third-order valence-electron chi connectivity index (χ3n) is 5.93. The molecule has 0 aliphatic heterocycles. The molecule has 0 bridgehead atoms. The highest BCUT2D eigenvalue weighted by Crippen LogP contribution is 2.46. The van der Waals surface area contributed by atoms with Gasteiger partial charge in [0.05, 0.1) is 11.4 Å². The minimum atomic E-state index is -0.273. The SMILES string of the molecule is Fc1ccc(-c2[nH]c3ccccc3c2-c2c(-c3ccc(F)cc3)[nH]c3ccccc23)cc1. The highest BCUT2D eigenvalue weighted by atomic mass is 19.1. The number of para-hydroxylation sites is 2. The molecule has 0 saturated heterocycles. The van der Waals surface area contributed by atoms with E-state index in [1.807, 2.05) is 36.4 Å². The number of nitrogens with one attached hydrogen (secondary N) is 2. The normalized spacial score (nSPS) is 11.4. The van der Waals surface area contributed by atoms with Gasteiger partial charge < -0.3 is 9.97 Å². The summed E-state index contributed by atoms with van der Waals surface area (Å²) in [5.74, 6) is -0.545. The fourth-order valence-electron chi connectivity index (χ4n) is 4.47. The predicted octanol–water partition coefficient (Wildman–Crippen LogP) is 7.93. The number of fused-ring (bicyclic) bond motifs is 2. The van der Waals surface area contributed by atoms with E-state index in [0.717, 1.165) is 55.4 Å². The molecule has 4 heteroatoms. The molecule has 6 rings (SSSR count). The largest absolute Gasteiger partial charge is 0.354 e. The first-order valence-electron chi connectivity index (χ1n) is 10.4. The fraction of sp³-hybridized carbons (Fsp3) is 0. The van der Waals surface area contributed by atoms with Crippen LogP contribution in [0.15, 0.2) is 97.1 Å². The Kier molecular flexibility index (Phi) is 4.18. The van der Waals surface area contributed by atoms with Gasteiger partial charge in [-0.25, -0.2) is 8.78 Å². The van der Waals surface area contributed by atoms with Crippen molar-refractivity contribution in [3.05, 3.63) is 109 Å². The molecular formula is C28H18F2N2. The summed E-state index contributed by atoms with van der Waals surface area (Å²) in [6.07, 6.45) is 0. The Morgan fingerprint density at radius 3 is 1.22 bits per heavy atom. The highest BCUT2D eigenvalue weighted by Gasteiger charge is 2.22. The summed E-state index contributed by atoms with van der Waals surface area (Å²) >= 11 is 0. The third kappa shape index (κ3) is 2.92. The van der Waals surface area contributed by atoms with E-state index in [9.17, 15) is 8.78 Å². The Labute approximate surface area is 183 Å². The van der Waals surface area contributed by atoms with Crippen molar-refractivity contribution in [2.75, 3.05) is 0 Å². The topological polar surface area (TPSA) is 31.6 Å². The smallest absolute Gasteiger partial charge is 0.123 e. The van der Waals surface area contributed by atoms with Gasteiger partial charge in [0.25, 0.3) is 0 Å². The van der Waals surface area contributed by atoms with Crippen molar-refractivity contribution >= 4 is 21.8 Å².